The predicted octanol–water partition coefficient (Wildman–Crippen LogP) is 5.25. The third-order valence-electron chi connectivity index (χ3n) is 2.96. The van der Waals surface area contributed by atoms with E-state index in [4.69, 9.17) is 12.3 Å². The maximum absolute atomic E-state index is 13.2. The van der Waals surface area contributed by atoms with Gasteiger partial charge in [0.1, 0.15) is 5.82 Å². The van der Waals surface area contributed by atoms with E-state index in [1.807, 2.05) is 0 Å². The van der Waals surface area contributed by atoms with Crippen molar-refractivity contribution in [2.24, 2.45) is 0 Å². The Balaban J connectivity index is 0.00000264. The minimum Gasteiger partial charge on any atom is -0.664 e. The minimum atomic E-state index is -4.74. The predicted molar refractivity (Wildman–Crippen MR) is 71.8 cm³/mol. The second-order valence-corrected chi connectivity index (χ2v) is 4.36. The first-order chi connectivity index (χ1) is 10.2. The number of alkyl halides is 3. The van der Waals surface area contributed by atoms with Gasteiger partial charge in [0.2, 0.25) is 0 Å². The van der Waals surface area contributed by atoms with Crippen LogP contribution in [0.1, 0.15) is 15.9 Å². The zero-order valence-corrected chi connectivity index (χ0v) is 15.1. The maximum atomic E-state index is 13.2. The van der Waals surface area contributed by atoms with Crippen molar-refractivity contribution in [3.05, 3.63) is 70.5 Å². The normalized spacial score (nSPS) is 10.6. The van der Waals surface area contributed by atoms with Crippen molar-refractivity contribution < 1.29 is 63.6 Å². The molecule has 0 fully saturated rings. The van der Waals surface area contributed by atoms with Gasteiger partial charge in [-0.2, -0.15) is 13.2 Å². The largest absolute Gasteiger partial charge is 0.664 e. The summed E-state index contributed by atoms with van der Waals surface area (Å²) in [5, 5.41) is 0. The average Bonchev–Trinajstić information content (AvgIpc) is 2.45. The topological polar surface area (TPSA) is 45.2 Å². The first-order valence-corrected chi connectivity index (χ1v) is 5.88. The van der Waals surface area contributed by atoms with Gasteiger partial charge in [-0.3, -0.25) is 0 Å². The van der Waals surface area contributed by atoms with E-state index < -0.39 is 29.2 Å². The molecule has 1 amide bonds. The molecule has 0 bridgehead atoms. The van der Waals surface area contributed by atoms with E-state index in [1.54, 1.807) is 0 Å². The summed E-state index contributed by atoms with van der Waals surface area (Å²) in [6.07, 6.45) is -4.74. The molecule has 23 heavy (non-hydrogen) atoms. The summed E-state index contributed by atoms with van der Waals surface area (Å²) in [5.74, 6) is -1.98. The average molecular weight is 448 g/mol. The Morgan fingerprint density at radius 3 is 2.30 bits per heavy atom. The van der Waals surface area contributed by atoms with Crippen molar-refractivity contribution in [3.63, 3.8) is 0 Å². The smallest absolute Gasteiger partial charge is 0.407 e. The molecule has 0 aliphatic heterocycles. The van der Waals surface area contributed by atoms with Crippen molar-refractivity contribution in [2.75, 3.05) is 0 Å². The molecule has 2 rings (SSSR count). The van der Waals surface area contributed by atoms with E-state index in [0.717, 1.165) is 24.3 Å². The van der Waals surface area contributed by atoms with E-state index in [0.29, 0.717) is 6.07 Å². The van der Waals surface area contributed by atoms with E-state index in [1.165, 1.54) is 6.07 Å². The summed E-state index contributed by atoms with van der Waals surface area (Å²) >= 11 is 0. The van der Waals surface area contributed by atoms with Crippen LogP contribution in [-0.4, -0.2) is 5.91 Å². The monoisotopic (exact) mass is 448 g/mol. The Kier molecular flexibility index (Phi) is 6.26. The molecule has 0 saturated carbocycles. The van der Waals surface area contributed by atoms with Gasteiger partial charge in [0.25, 0.3) is 0 Å². The zero-order chi connectivity index (χ0) is 16.5. The summed E-state index contributed by atoms with van der Waals surface area (Å²) in [7, 11) is 0. The van der Waals surface area contributed by atoms with Gasteiger partial charge in [0.05, 0.1) is 18.0 Å². The second-order valence-electron chi connectivity index (χ2n) is 4.36. The molecule has 0 unspecified atom stereocenters. The van der Waals surface area contributed by atoms with Crippen molar-refractivity contribution in [3.8, 4) is 11.1 Å². The molecule has 8 heteroatoms. The van der Waals surface area contributed by atoms with Gasteiger partial charge >= 0.3 is 6.18 Å². The molecule has 0 aliphatic rings. The van der Waals surface area contributed by atoms with Gasteiger partial charge in [-0.25, -0.2) is 9.24 Å². The van der Waals surface area contributed by atoms with Crippen LogP contribution in [0.4, 0.5) is 23.2 Å². The quantitative estimate of drug-likeness (QED) is 0.457. The summed E-state index contributed by atoms with van der Waals surface area (Å²) in [4.78, 5) is 14.0. The van der Waals surface area contributed by atoms with Crippen LogP contribution in [0.5, 0.6) is 0 Å². The summed E-state index contributed by atoms with van der Waals surface area (Å²) in [6, 6.07) is 5.82. The zero-order valence-electron chi connectivity index (χ0n) is 11.4. The van der Waals surface area contributed by atoms with Crippen molar-refractivity contribution in [2.45, 2.75) is 6.18 Å². The Bertz CT molecular complexity index is 797. The van der Waals surface area contributed by atoms with Gasteiger partial charge < -0.3 is 10.5 Å². The molecule has 0 spiro atoms. The number of hydrogen-bond acceptors (Lipinski definition) is 1. The molecule has 115 valence electrons. The Labute approximate surface area is 162 Å². The minimum absolute atomic E-state index is 0. The van der Waals surface area contributed by atoms with Gasteiger partial charge in [-0.05, 0) is 23.3 Å². The number of rotatable bonds is 2. The van der Waals surface area contributed by atoms with E-state index in [9.17, 15) is 22.4 Å². The van der Waals surface area contributed by atoms with Crippen molar-refractivity contribution in [1.29, 1.82) is 0 Å². The Morgan fingerprint density at radius 2 is 1.78 bits per heavy atom. The third kappa shape index (κ3) is 4.27. The first-order valence-electron chi connectivity index (χ1n) is 5.88. The molecular weight excluding hydrogens is 441 g/mol. The van der Waals surface area contributed by atoms with E-state index in [2.05, 4.69) is 4.85 Å². The summed E-state index contributed by atoms with van der Waals surface area (Å²) in [5.41, 5.74) is 5.01. The van der Waals surface area contributed by atoms with E-state index in [-0.39, 0.29) is 58.0 Å². The fourth-order valence-corrected chi connectivity index (χ4v) is 1.98. The molecule has 3 nitrogen and oxygen atoms in total. The van der Waals surface area contributed by atoms with Gasteiger partial charge in [-0.15, -0.1) is 0 Å². The number of carbonyl (C=O) groups excluding carboxylic acids is 1. The molecular formula is C15H7F4N2OPr-. The fraction of sp³-hybridized carbons (Fsp3) is 0.0667. The number of nitrogens with one attached hydrogen (secondary N) is 1. The van der Waals surface area contributed by atoms with Crippen LogP contribution in [-0.2, 0) is 6.18 Å². The molecule has 1 N–H and O–H groups in total. The molecule has 0 saturated heterocycles. The molecule has 0 aliphatic carbocycles. The Morgan fingerprint density at radius 1 is 1.13 bits per heavy atom. The fourth-order valence-electron chi connectivity index (χ4n) is 1.98. The van der Waals surface area contributed by atoms with Crippen molar-refractivity contribution in [1.82, 2.24) is 0 Å². The first kappa shape index (κ1) is 19.5. The number of nitrogens with zero attached hydrogens (tertiary/aromatic N) is 1. The van der Waals surface area contributed by atoms with Crippen molar-refractivity contribution >= 4 is 11.6 Å². The van der Waals surface area contributed by atoms with Gasteiger partial charge in [0, 0.05) is 46.9 Å². The SMILES string of the molecule is [C-]#[N+]c1ccc(-c2ccc(F)cc2C([NH-])=O)cc1C(F)(F)F.[Pr]. The van der Waals surface area contributed by atoms with Crippen LogP contribution in [0, 0.1) is 53.7 Å². The number of amides is 1. The molecule has 1 radical (unpaired) electrons. The summed E-state index contributed by atoms with van der Waals surface area (Å²) in [6.45, 7) is 6.77. The number of halogens is 4. The molecule has 2 aromatic carbocycles. The number of hydrogen-bond donors (Lipinski definition) is 0. The van der Waals surface area contributed by atoms with Crippen LogP contribution < -0.4 is 0 Å². The number of benzene rings is 2. The number of carbonyl (C=O) groups is 1. The molecule has 2 aromatic rings. The van der Waals surface area contributed by atoms with Crippen LogP contribution in [0.3, 0.4) is 0 Å². The van der Waals surface area contributed by atoms with Crippen LogP contribution in [0.25, 0.3) is 21.7 Å². The van der Waals surface area contributed by atoms with Crippen LogP contribution in [0.2, 0.25) is 0 Å². The molecule has 0 heterocycles. The summed E-state index contributed by atoms with van der Waals surface area (Å²) < 4.78 is 52.0. The second kappa shape index (κ2) is 7.37. The van der Waals surface area contributed by atoms with Crippen LogP contribution in [0.15, 0.2) is 36.4 Å². The van der Waals surface area contributed by atoms with Gasteiger partial charge in [-0.1, -0.05) is 24.3 Å². The third-order valence-corrected chi connectivity index (χ3v) is 2.96. The maximum Gasteiger partial charge on any atom is 0.407 e. The van der Waals surface area contributed by atoms with Gasteiger partial charge in [0.15, 0.2) is 5.69 Å². The molecule has 0 aromatic heterocycles. The van der Waals surface area contributed by atoms with Crippen LogP contribution >= 0.6 is 0 Å². The standard InChI is InChI=1S/C15H8F4N2O.Pr/c1-21-13-5-2-8(6-12(13)15(17,18)19)10-4-3-9(16)7-11(10)14(20)22;/h2-7H,(H2,20,22);/p-1. The Hall–Kier alpha value is -1.52. The molecule has 0 atom stereocenters. The van der Waals surface area contributed by atoms with E-state index >= 15 is 0 Å².